The summed E-state index contributed by atoms with van der Waals surface area (Å²) in [4.78, 5) is 8.95. The maximum atomic E-state index is 6.09. The van der Waals surface area contributed by atoms with Crippen LogP contribution in [-0.2, 0) is 0 Å². The number of allylic oxidation sites excluding steroid dienone is 1. The highest BCUT2D eigenvalue weighted by Crippen LogP contribution is 2.28. The summed E-state index contributed by atoms with van der Waals surface area (Å²) in [6.07, 6.45) is 7.86. The number of aromatic nitrogens is 1. The van der Waals surface area contributed by atoms with E-state index in [0.717, 1.165) is 47.7 Å². The molecule has 1 aliphatic rings. The van der Waals surface area contributed by atoms with E-state index in [9.17, 15) is 0 Å². The summed E-state index contributed by atoms with van der Waals surface area (Å²) in [5, 5.41) is 0. The number of aryl methyl sites for hydroxylation is 1. The second-order valence-electron chi connectivity index (χ2n) is 6.26. The Labute approximate surface area is 147 Å². The van der Waals surface area contributed by atoms with Crippen molar-refractivity contribution in [3.8, 4) is 11.3 Å². The molecule has 1 aromatic carbocycles. The van der Waals surface area contributed by atoms with E-state index in [2.05, 4.69) is 36.2 Å². The summed E-state index contributed by atoms with van der Waals surface area (Å²) in [6, 6.07) is 16.4. The molecule has 3 heteroatoms. The van der Waals surface area contributed by atoms with Crippen LogP contribution >= 0.6 is 0 Å². The molecule has 0 spiro atoms. The summed E-state index contributed by atoms with van der Waals surface area (Å²) in [5.41, 5.74) is 5.67. The number of hydrogen-bond acceptors (Lipinski definition) is 3. The first kappa shape index (κ1) is 15.6. The number of nitrogens with zero attached hydrogens (tertiary/aromatic N) is 2. The predicted octanol–water partition coefficient (Wildman–Crippen LogP) is 5.32. The minimum Gasteiger partial charge on any atom is -0.457 e. The lowest BCUT2D eigenvalue weighted by Crippen LogP contribution is -2.11. The number of benzene rings is 1. The molecule has 0 saturated heterocycles. The topological polar surface area (TPSA) is 38.4 Å². The Bertz CT molecular complexity index is 935. The number of pyridine rings is 1. The van der Waals surface area contributed by atoms with Gasteiger partial charge in [-0.2, -0.15) is 0 Å². The van der Waals surface area contributed by atoms with E-state index in [-0.39, 0.29) is 0 Å². The van der Waals surface area contributed by atoms with Crippen LogP contribution in [0.1, 0.15) is 29.7 Å². The van der Waals surface area contributed by atoms with Crippen LogP contribution in [0.4, 0.5) is 0 Å². The number of aliphatic imine (C=N–C) groups is 1. The molecule has 0 atom stereocenters. The predicted molar refractivity (Wildman–Crippen MR) is 102 cm³/mol. The first-order valence-corrected chi connectivity index (χ1v) is 8.63. The number of hydrogen-bond donors (Lipinski definition) is 0. The van der Waals surface area contributed by atoms with E-state index in [1.54, 1.807) is 6.20 Å². The second kappa shape index (κ2) is 6.89. The summed E-state index contributed by atoms with van der Waals surface area (Å²) < 4.78 is 6.09. The minimum atomic E-state index is 0.867. The fraction of sp³-hybridized carbons (Fsp3) is 0.182. The molecule has 0 saturated carbocycles. The van der Waals surface area contributed by atoms with E-state index in [1.165, 1.54) is 11.1 Å². The van der Waals surface area contributed by atoms with Gasteiger partial charge in [-0.15, -0.1) is 0 Å². The third-order valence-electron chi connectivity index (χ3n) is 4.47. The molecule has 0 bridgehead atoms. The lowest BCUT2D eigenvalue weighted by molar-refractivity contribution is 0.570. The van der Waals surface area contributed by atoms with Crippen LogP contribution in [0, 0.1) is 6.92 Å². The summed E-state index contributed by atoms with van der Waals surface area (Å²) >= 11 is 0. The molecule has 124 valence electrons. The van der Waals surface area contributed by atoms with Gasteiger partial charge in [0.1, 0.15) is 11.5 Å². The molecule has 0 N–H and O–H groups in total. The Morgan fingerprint density at radius 2 is 1.96 bits per heavy atom. The summed E-state index contributed by atoms with van der Waals surface area (Å²) in [6.45, 7) is 2.97. The van der Waals surface area contributed by atoms with Gasteiger partial charge in [0.25, 0.3) is 0 Å². The largest absolute Gasteiger partial charge is 0.457 e. The van der Waals surface area contributed by atoms with Gasteiger partial charge in [0, 0.05) is 30.1 Å². The van der Waals surface area contributed by atoms with Crippen LogP contribution in [-0.4, -0.2) is 17.2 Å². The van der Waals surface area contributed by atoms with Crippen LogP contribution in [0.25, 0.3) is 17.4 Å². The van der Waals surface area contributed by atoms with Gasteiger partial charge in [0.05, 0.1) is 5.71 Å². The van der Waals surface area contributed by atoms with Crippen molar-refractivity contribution in [2.24, 2.45) is 4.99 Å². The Morgan fingerprint density at radius 1 is 1.04 bits per heavy atom. The zero-order chi connectivity index (χ0) is 17.1. The highest BCUT2D eigenvalue weighted by atomic mass is 16.3. The van der Waals surface area contributed by atoms with Crippen LogP contribution in [0.2, 0.25) is 0 Å². The van der Waals surface area contributed by atoms with Crippen molar-refractivity contribution >= 4 is 11.8 Å². The highest BCUT2D eigenvalue weighted by Gasteiger charge is 2.15. The summed E-state index contributed by atoms with van der Waals surface area (Å²) in [7, 11) is 0. The van der Waals surface area contributed by atoms with E-state index in [1.807, 2.05) is 36.5 Å². The minimum absolute atomic E-state index is 0.867. The van der Waals surface area contributed by atoms with Crippen molar-refractivity contribution in [3.05, 3.63) is 83.4 Å². The Morgan fingerprint density at radius 3 is 2.80 bits per heavy atom. The first-order chi connectivity index (χ1) is 12.3. The molecular weight excluding hydrogens is 308 g/mol. The zero-order valence-electron chi connectivity index (χ0n) is 14.3. The van der Waals surface area contributed by atoms with Gasteiger partial charge in [-0.3, -0.25) is 9.98 Å². The standard InChI is InChI=1S/C22H20N2O/c1-16-6-2-3-9-20(16)21-11-10-19(25-21)14-17-7-5-13-24-22(17)18-8-4-12-23-15-18/h2-4,6,8-12,14-15H,5,7,13H2,1H3/b17-14-. The first-order valence-electron chi connectivity index (χ1n) is 8.63. The fourth-order valence-corrected chi connectivity index (χ4v) is 3.20. The summed E-state index contributed by atoms with van der Waals surface area (Å²) in [5.74, 6) is 1.77. The lowest BCUT2D eigenvalue weighted by atomic mass is 9.96. The van der Waals surface area contributed by atoms with E-state index in [0.29, 0.717) is 0 Å². The number of rotatable bonds is 3. The van der Waals surface area contributed by atoms with Crippen LogP contribution < -0.4 is 0 Å². The molecule has 0 amide bonds. The maximum absolute atomic E-state index is 6.09. The molecule has 0 aliphatic carbocycles. The molecule has 0 fully saturated rings. The van der Waals surface area contributed by atoms with Crippen molar-refractivity contribution in [1.29, 1.82) is 0 Å². The molecule has 2 aromatic heterocycles. The van der Waals surface area contributed by atoms with Crippen LogP contribution in [0.5, 0.6) is 0 Å². The Hall–Kier alpha value is -2.94. The normalized spacial score (nSPS) is 16.0. The van der Waals surface area contributed by atoms with E-state index < -0.39 is 0 Å². The van der Waals surface area contributed by atoms with Crippen molar-refractivity contribution in [3.63, 3.8) is 0 Å². The molecule has 3 nitrogen and oxygen atoms in total. The molecule has 3 heterocycles. The molecule has 4 rings (SSSR count). The molecule has 3 aromatic rings. The Balaban J connectivity index is 1.67. The van der Waals surface area contributed by atoms with Crippen molar-refractivity contribution in [2.75, 3.05) is 6.54 Å². The average Bonchev–Trinajstić information content (AvgIpc) is 3.11. The van der Waals surface area contributed by atoms with E-state index in [4.69, 9.17) is 9.41 Å². The van der Waals surface area contributed by atoms with Gasteiger partial charge in [-0.1, -0.05) is 24.3 Å². The third kappa shape index (κ3) is 3.31. The zero-order valence-corrected chi connectivity index (χ0v) is 14.3. The Kier molecular flexibility index (Phi) is 4.30. The van der Waals surface area contributed by atoms with Gasteiger partial charge in [0.15, 0.2) is 0 Å². The van der Waals surface area contributed by atoms with Gasteiger partial charge in [-0.05, 0) is 61.2 Å². The van der Waals surface area contributed by atoms with Gasteiger partial charge in [0.2, 0.25) is 0 Å². The average molecular weight is 328 g/mol. The number of furan rings is 1. The van der Waals surface area contributed by atoms with Gasteiger partial charge < -0.3 is 4.42 Å². The smallest absolute Gasteiger partial charge is 0.135 e. The van der Waals surface area contributed by atoms with Crippen molar-refractivity contribution in [2.45, 2.75) is 19.8 Å². The van der Waals surface area contributed by atoms with Gasteiger partial charge >= 0.3 is 0 Å². The van der Waals surface area contributed by atoms with Crippen LogP contribution in [0.15, 0.2) is 75.9 Å². The quantitative estimate of drug-likeness (QED) is 0.653. The lowest BCUT2D eigenvalue weighted by Gasteiger charge is -2.15. The second-order valence-corrected chi connectivity index (χ2v) is 6.26. The SMILES string of the molecule is Cc1ccccc1-c1ccc(/C=C2/CCCN=C2c2cccnc2)o1. The van der Waals surface area contributed by atoms with Crippen LogP contribution in [0.3, 0.4) is 0 Å². The molecule has 25 heavy (non-hydrogen) atoms. The molecule has 0 unspecified atom stereocenters. The van der Waals surface area contributed by atoms with Crippen molar-refractivity contribution < 1.29 is 4.42 Å². The van der Waals surface area contributed by atoms with E-state index >= 15 is 0 Å². The fourth-order valence-electron chi connectivity index (χ4n) is 3.20. The highest BCUT2D eigenvalue weighted by molar-refractivity contribution is 6.15. The maximum Gasteiger partial charge on any atom is 0.135 e. The van der Waals surface area contributed by atoms with Crippen molar-refractivity contribution in [1.82, 2.24) is 4.98 Å². The molecule has 1 aliphatic heterocycles. The van der Waals surface area contributed by atoms with Gasteiger partial charge in [-0.25, -0.2) is 0 Å². The monoisotopic (exact) mass is 328 g/mol. The third-order valence-corrected chi connectivity index (χ3v) is 4.47. The molecule has 0 radical (unpaired) electrons. The molecular formula is C22H20N2O.